The van der Waals surface area contributed by atoms with E-state index in [1.165, 1.54) is 108 Å². The predicted molar refractivity (Wildman–Crippen MR) is 274 cm³/mol. The third-order valence-corrected chi connectivity index (χ3v) is 18.5. The molecule has 65 heavy (non-hydrogen) atoms. The van der Waals surface area contributed by atoms with Crippen LogP contribution in [0.4, 0.5) is 34.1 Å². The fourth-order valence-electron chi connectivity index (χ4n) is 14.5. The minimum Gasteiger partial charge on any atom is -0.311 e. The van der Waals surface area contributed by atoms with Gasteiger partial charge in [0.2, 0.25) is 0 Å². The van der Waals surface area contributed by atoms with Gasteiger partial charge >= 0.3 is 0 Å². The van der Waals surface area contributed by atoms with Gasteiger partial charge in [-0.25, -0.2) is 0 Å². The molecule has 8 aromatic carbocycles. The van der Waals surface area contributed by atoms with Crippen LogP contribution in [0.15, 0.2) is 182 Å². The normalized spacial score (nSPS) is 23.7. The number of hydrogen-bond acceptors (Lipinski definition) is 3. The number of nitrogens with zero attached hydrogens (tertiary/aromatic N) is 2. The van der Waals surface area contributed by atoms with Crippen molar-refractivity contribution >= 4 is 65.6 Å². The zero-order valence-corrected chi connectivity index (χ0v) is 38.2. The highest BCUT2D eigenvalue weighted by atomic mass is 32.1. The van der Waals surface area contributed by atoms with Crippen molar-refractivity contribution in [3.8, 4) is 22.3 Å². The van der Waals surface area contributed by atoms with Crippen molar-refractivity contribution in [2.45, 2.75) is 63.7 Å². The van der Waals surface area contributed by atoms with Crippen molar-refractivity contribution in [2.75, 3.05) is 9.80 Å². The number of rotatable bonds is 8. The molecule has 5 atom stereocenters. The molecule has 5 aliphatic carbocycles. The van der Waals surface area contributed by atoms with Crippen molar-refractivity contribution in [3.05, 3.63) is 204 Å². The van der Waals surface area contributed by atoms with Crippen LogP contribution < -0.4 is 9.80 Å². The van der Waals surface area contributed by atoms with Gasteiger partial charge in [0, 0.05) is 65.1 Å². The van der Waals surface area contributed by atoms with Crippen LogP contribution >= 0.6 is 11.3 Å². The van der Waals surface area contributed by atoms with Crippen LogP contribution in [-0.2, 0) is 10.8 Å². The van der Waals surface area contributed by atoms with E-state index in [1.807, 2.05) is 11.3 Å². The number of aryl methyl sites for hydroxylation is 1. The minimum atomic E-state index is -0.0446. The Bertz CT molecular complexity index is 3360. The second kappa shape index (κ2) is 13.6. The molecule has 2 nitrogen and oxygen atoms in total. The molecule has 0 N–H and O–H groups in total. The van der Waals surface area contributed by atoms with E-state index in [0.717, 1.165) is 34.8 Å². The largest absolute Gasteiger partial charge is 0.311 e. The summed E-state index contributed by atoms with van der Waals surface area (Å²) in [5.41, 5.74) is 18.8. The van der Waals surface area contributed by atoms with Crippen LogP contribution in [0.5, 0.6) is 0 Å². The lowest BCUT2D eigenvalue weighted by Crippen LogP contribution is -2.68. The highest BCUT2D eigenvalue weighted by molar-refractivity contribution is 7.25. The third kappa shape index (κ3) is 5.28. The molecule has 0 saturated heterocycles. The molecular formula is C62H52N2S. The van der Waals surface area contributed by atoms with Crippen molar-refractivity contribution in [3.63, 3.8) is 0 Å². The molecule has 1 aromatic heterocycles. The number of hydrogen-bond donors (Lipinski definition) is 0. The second-order valence-electron chi connectivity index (χ2n) is 20.8. The van der Waals surface area contributed by atoms with Crippen molar-refractivity contribution in [2.24, 2.45) is 23.2 Å². The Morgan fingerprint density at radius 2 is 1.03 bits per heavy atom. The second-order valence-corrected chi connectivity index (χ2v) is 21.9. The monoisotopic (exact) mass is 856 g/mol. The molecule has 0 amide bonds. The van der Waals surface area contributed by atoms with Gasteiger partial charge in [-0.1, -0.05) is 116 Å². The molecule has 0 radical (unpaired) electrons. The fraction of sp³-hybridized carbons (Fsp3) is 0.226. The highest BCUT2D eigenvalue weighted by Gasteiger charge is 2.80. The summed E-state index contributed by atoms with van der Waals surface area (Å²) < 4.78 is 2.64. The van der Waals surface area contributed by atoms with E-state index >= 15 is 0 Å². The van der Waals surface area contributed by atoms with Gasteiger partial charge in [0.1, 0.15) is 0 Å². The van der Waals surface area contributed by atoms with Crippen LogP contribution in [0.3, 0.4) is 0 Å². The van der Waals surface area contributed by atoms with Gasteiger partial charge in [0.25, 0.3) is 0 Å². The summed E-state index contributed by atoms with van der Waals surface area (Å²) in [6, 6.07) is 69.1. The standard InChI is InChI=1S/C62H52N2S/c1-39-12-20-46(21-13-39)63(49-26-18-43(19-27-49)61-36-40-32-44-33-45(38-61)62(44,61)37-40)47-22-14-41(15-23-47)42-16-24-48(25-17-42)64(51-29-31-59-55(35-51)53-9-5-7-11-58(53)65-59)50-28-30-57-54(34-50)52-8-4-6-10-56(52)60(57,2)3/h4-31,34-35,40,44-45H,32-33,36-38H2,1-3H3. The first-order chi connectivity index (χ1) is 31.8. The van der Waals surface area contributed by atoms with Gasteiger partial charge in [-0.2, -0.15) is 0 Å². The fourth-order valence-corrected chi connectivity index (χ4v) is 15.6. The van der Waals surface area contributed by atoms with E-state index < -0.39 is 0 Å². The average Bonchev–Trinajstić information content (AvgIpc) is 4.04. The van der Waals surface area contributed by atoms with Gasteiger partial charge < -0.3 is 9.80 Å². The van der Waals surface area contributed by atoms with E-state index in [9.17, 15) is 0 Å². The summed E-state index contributed by atoms with van der Waals surface area (Å²) in [7, 11) is 0. The van der Waals surface area contributed by atoms with Crippen LogP contribution in [0.25, 0.3) is 42.4 Å². The van der Waals surface area contributed by atoms with Crippen molar-refractivity contribution in [1.82, 2.24) is 0 Å². The predicted octanol–water partition coefficient (Wildman–Crippen LogP) is 17.4. The van der Waals surface area contributed by atoms with Gasteiger partial charge in [0.05, 0.1) is 0 Å². The molecule has 2 bridgehead atoms. The molecule has 1 spiro atoms. The first kappa shape index (κ1) is 37.9. The molecule has 1 heterocycles. The van der Waals surface area contributed by atoms with Crippen molar-refractivity contribution < 1.29 is 0 Å². The molecule has 4 fully saturated rings. The molecular weight excluding hydrogens is 805 g/mol. The maximum absolute atomic E-state index is 2.50. The Balaban J connectivity index is 0.810. The summed E-state index contributed by atoms with van der Waals surface area (Å²) in [5, 5.41) is 2.62. The minimum absolute atomic E-state index is 0.0446. The smallest absolute Gasteiger partial charge is 0.0468 e. The Morgan fingerprint density at radius 3 is 1.74 bits per heavy atom. The van der Waals surface area contributed by atoms with E-state index in [1.54, 1.807) is 5.56 Å². The summed E-state index contributed by atoms with van der Waals surface area (Å²) in [6.07, 6.45) is 7.35. The Morgan fingerprint density at radius 1 is 0.462 bits per heavy atom. The first-order valence-electron chi connectivity index (χ1n) is 23.9. The van der Waals surface area contributed by atoms with Crippen molar-refractivity contribution in [1.29, 1.82) is 0 Å². The molecule has 3 heteroatoms. The lowest BCUT2D eigenvalue weighted by atomic mass is 9.31. The first-order valence-corrected chi connectivity index (χ1v) is 24.7. The topological polar surface area (TPSA) is 6.48 Å². The van der Waals surface area contributed by atoms with E-state index in [-0.39, 0.29) is 5.41 Å². The zero-order chi connectivity index (χ0) is 43.2. The van der Waals surface area contributed by atoms with Gasteiger partial charge in [-0.05, 0) is 186 Å². The number of fused-ring (bicyclic) bond motifs is 7. The average molecular weight is 857 g/mol. The third-order valence-electron chi connectivity index (χ3n) is 17.4. The molecule has 5 aliphatic rings. The lowest BCUT2D eigenvalue weighted by molar-refractivity contribution is -0.198. The molecule has 4 saturated carbocycles. The Kier molecular flexibility index (Phi) is 7.91. The van der Waals surface area contributed by atoms with Crippen LogP contribution in [0, 0.1) is 30.1 Å². The summed E-state index contributed by atoms with van der Waals surface area (Å²) in [5.74, 6) is 2.95. The highest BCUT2D eigenvalue weighted by Crippen LogP contribution is 2.86. The van der Waals surface area contributed by atoms with Gasteiger partial charge in [-0.3, -0.25) is 0 Å². The van der Waals surface area contributed by atoms with Crippen LogP contribution in [0.2, 0.25) is 0 Å². The van der Waals surface area contributed by atoms with E-state index in [0.29, 0.717) is 10.8 Å². The molecule has 316 valence electrons. The molecule has 9 aromatic rings. The summed E-state index contributed by atoms with van der Waals surface area (Å²) in [6.45, 7) is 6.89. The lowest BCUT2D eigenvalue weighted by Gasteiger charge is -2.73. The Labute approximate surface area is 386 Å². The maximum atomic E-state index is 2.50. The Hall–Kier alpha value is -6.42. The number of anilines is 6. The zero-order valence-electron chi connectivity index (χ0n) is 37.4. The van der Waals surface area contributed by atoms with E-state index in [4.69, 9.17) is 0 Å². The van der Waals surface area contributed by atoms with Crippen LogP contribution in [-0.4, -0.2) is 0 Å². The quantitative estimate of drug-likeness (QED) is 0.150. The maximum Gasteiger partial charge on any atom is 0.0468 e. The van der Waals surface area contributed by atoms with E-state index in [2.05, 4.69) is 213 Å². The number of thiophene rings is 1. The van der Waals surface area contributed by atoms with Gasteiger partial charge in [-0.15, -0.1) is 11.3 Å². The number of benzene rings is 8. The molecule has 5 unspecified atom stereocenters. The molecule has 14 rings (SSSR count). The summed E-state index contributed by atoms with van der Waals surface area (Å²) in [4.78, 5) is 4.88. The SMILES string of the molecule is Cc1ccc(N(c2ccc(-c3ccc(N(c4ccc5c(c4)-c4ccccc4C5(C)C)c4ccc5sc6ccccc6c5c4)cc3)cc2)c2ccc(C34CC5CC6CC(C3)C64C5)cc2)cc1. The molecule has 0 aliphatic heterocycles. The summed E-state index contributed by atoms with van der Waals surface area (Å²) >= 11 is 1.87. The van der Waals surface area contributed by atoms with Crippen LogP contribution in [0.1, 0.15) is 68.2 Å². The van der Waals surface area contributed by atoms with Gasteiger partial charge in [0.15, 0.2) is 0 Å².